The Kier molecular flexibility index (Phi) is 9.28. The third-order valence-electron chi connectivity index (χ3n) is 7.13. The van der Waals surface area contributed by atoms with E-state index in [2.05, 4.69) is 17.4 Å². The fraction of sp³-hybridized carbons (Fsp3) is 0.394. The standard InChI is InChI=1S/C33H40N2O4/c1-33(2,3)39-32(37)35(4)29(31(36)34-30(27-16-11-17-27)26-14-9-6-10-15-26)22-24-18-20-28(21-19-24)38-23-25-12-7-5-8-13-25/h5-10,12-15,18-21,27,29-30H,11,16-17,22-23H2,1-4H3,(H,34,36)/t29-,30?/m0/s1. The number of nitrogens with one attached hydrogen (secondary N) is 1. The van der Waals surface area contributed by atoms with E-state index in [-0.39, 0.29) is 11.9 Å². The molecule has 0 heterocycles. The number of ether oxygens (including phenoxy) is 2. The fourth-order valence-electron chi connectivity index (χ4n) is 4.71. The summed E-state index contributed by atoms with van der Waals surface area (Å²) in [5.41, 5.74) is 2.45. The largest absolute Gasteiger partial charge is 0.489 e. The van der Waals surface area contributed by atoms with Gasteiger partial charge in [-0.15, -0.1) is 0 Å². The number of benzene rings is 3. The van der Waals surface area contributed by atoms with Gasteiger partial charge in [0.15, 0.2) is 0 Å². The molecule has 6 heteroatoms. The van der Waals surface area contributed by atoms with E-state index in [4.69, 9.17) is 9.47 Å². The van der Waals surface area contributed by atoms with Gasteiger partial charge in [0.05, 0.1) is 6.04 Å². The van der Waals surface area contributed by atoms with Gasteiger partial charge in [-0.3, -0.25) is 9.69 Å². The average molecular weight is 529 g/mol. The summed E-state index contributed by atoms with van der Waals surface area (Å²) in [6.07, 6.45) is 3.16. The second kappa shape index (κ2) is 12.8. The first-order valence-electron chi connectivity index (χ1n) is 13.8. The van der Waals surface area contributed by atoms with Crippen LogP contribution in [0.5, 0.6) is 5.75 Å². The molecule has 4 rings (SSSR count). The fourth-order valence-corrected chi connectivity index (χ4v) is 4.71. The molecule has 1 N–H and O–H groups in total. The molecule has 0 radical (unpaired) electrons. The van der Waals surface area contributed by atoms with Crippen molar-refractivity contribution in [3.05, 3.63) is 102 Å². The number of hydrogen-bond acceptors (Lipinski definition) is 4. The first-order chi connectivity index (χ1) is 18.7. The molecule has 1 aliphatic rings. The van der Waals surface area contributed by atoms with Crippen molar-refractivity contribution in [2.24, 2.45) is 5.92 Å². The molecule has 3 aromatic rings. The molecule has 39 heavy (non-hydrogen) atoms. The second-order valence-corrected chi connectivity index (χ2v) is 11.3. The van der Waals surface area contributed by atoms with Crippen LogP contribution >= 0.6 is 0 Å². The summed E-state index contributed by atoms with van der Waals surface area (Å²) in [7, 11) is 1.64. The van der Waals surface area contributed by atoms with E-state index in [1.807, 2.05) is 93.6 Å². The lowest BCUT2D eigenvalue weighted by Crippen LogP contribution is -2.51. The predicted molar refractivity (Wildman–Crippen MR) is 153 cm³/mol. The molecule has 206 valence electrons. The van der Waals surface area contributed by atoms with Crippen LogP contribution in [0.4, 0.5) is 4.79 Å². The zero-order chi connectivity index (χ0) is 27.8. The molecular formula is C33H40N2O4. The van der Waals surface area contributed by atoms with E-state index in [0.29, 0.717) is 18.9 Å². The molecule has 0 spiro atoms. The first kappa shape index (κ1) is 28.2. The minimum absolute atomic E-state index is 0.0873. The van der Waals surface area contributed by atoms with Gasteiger partial charge in [-0.1, -0.05) is 79.2 Å². The number of rotatable bonds is 10. The molecule has 2 atom stereocenters. The summed E-state index contributed by atoms with van der Waals surface area (Å²) in [4.78, 5) is 28.3. The summed E-state index contributed by atoms with van der Waals surface area (Å²) < 4.78 is 11.5. The van der Waals surface area contributed by atoms with Crippen molar-refractivity contribution < 1.29 is 19.1 Å². The number of hydrogen-bond donors (Lipinski definition) is 1. The molecule has 6 nitrogen and oxygen atoms in total. The van der Waals surface area contributed by atoms with Crippen LogP contribution in [-0.4, -0.2) is 35.6 Å². The van der Waals surface area contributed by atoms with Crippen LogP contribution < -0.4 is 10.1 Å². The maximum absolute atomic E-state index is 13.8. The highest BCUT2D eigenvalue weighted by molar-refractivity contribution is 5.86. The molecule has 1 fully saturated rings. The summed E-state index contributed by atoms with van der Waals surface area (Å²) >= 11 is 0. The van der Waals surface area contributed by atoms with Gasteiger partial charge >= 0.3 is 6.09 Å². The number of likely N-dealkylation sites (N-methyl/N-ethyl adjacent to an activating group) is 1. The van der Waals surface area contributed by atoms with Gasteiger partial charge in [0, 0.05) is 13.5 Å². The third kappa shape index (κ3) is 8.09. The Bertz CT molecular complexity index is 1200. The van der Waals surface area contributed by atoms with Crippen molar-refractivity contribution in [1.82, 2.24) is 10.2 Å². The van der Waals surface area contributed by atoms with E-state index in [0.717, 1.165) is 35.3 Å². The SMILES string of the molecule is CN(C(=O)OC(C)(C)C)[C@@H](Cc1ccc(OCc2ccccc2)cc1)C(=O)NC(c1ccccc1)C1CCC1. The Balaban J connectivity index is 1.50. The lowest BCUT2D eigenvalue weighted by atomic mass is 9.77. The molecule has 0 aromatic heterocycles. The zero-order valence-corrected chi connectivity index (χ0v) is 23.4. The monoisotopic (exact) mass is 528 g/mol. The van der Waals surface area contributed by atoms with Crippen LogP contribution in [0.15, 0.2) is 84.9 Å². The molecule has 0 bridgehead atoms. The van der Waals surface area contributed by atoms with Gasteiger partial charge in [-0.2, -0.15) is 0 Å². The van der Waals surface area contributed by atoms with Crippen LogP contribution in [0.1, 0.15) is 62.8 Å². The Morgan fingerprint density at radius 2 is 1.51 bits per heavy atom. The van der Waals surface area contributed by atoms with Crippen LogP contribution in [0.2, 0.25) is 0 Å². The van der Waals surface area contributed by atoms with Gasteiger partial charge < -0.3 is 14.8 Å². The van der Waals surface area contributed by atoms with Crippen molar-refractivity contribution in [1.29, 1.82) is 0 Å². The number of nitrogens with zero attached hydrogens (tertiary/aromatic N) is 1. The zero-order valence-electron chi connectivity index (χ0n) is 23.4. The van der Waals surface area contributed by atoms with Gasteiger partial charge in [0.1, 0.15) is 24.0 Å². The summed E-state index contributed by atoms with van der Waals surface area (Å²) in [6.45, 7) is 5.95. The lowest BCUT2D eigenvalue weighted by Gasteiger charge is -2.37. The lowest BCUT2D eigenvalue weighted by molar-refractivity contribution is -0.127. The van der Waals surface area contributed by atoms with Gasteiger partial charge in [-0.25, -0.2) is 4.79 Å². The molecule has 1 saturated carbocycles. The molecule has 3 aromatic carbocycles. The smallest absolute Gasteiger partial charge is 0.410 e. The van der Waals surface area contributed by atoms with Crippen molar-refractivity contribution in [3.8, 4) is 5.75 Å². The van der Waals surface area contributed by atoms with E-state index < -0.39 is 17.7 Å². The number of carbonyl (C=O) groups excluding carboxylic acids is 2. The summed E-state index contributed by atoms with van der Waals surface area (Å²) in [5.74, 6) is 0.955. The van der Waals surface area contributed by atoms with E-state index in [1.54, 1.807) is 7.05 Å². The van der Waals surface area contributed by atoms with Crippen molar-refractivity contribution in [2.75, 3.05) is 7.05 Å². The summed E-state index contributed by atoms with van der Waals surface area (Å²) in [5, 5.41) is 3.29. The van der Waals surface area contributed by atoms with E-state index in [9.17, 15) is 9.59 Å². The second-order valence-electron chi connectivity index (χ2n) is 11.3. The van der Waals surface area contributed by atoms with Gasteiger partial charge in [0.2, 0.25) is 5.91 Å². The topological polar surface area (TPSA) is 67.9 Å². The van der Waals surface area contributed by atoms with Crippen LogP contribution in [-0.2, 0) is 22.6 Å². The molecule has 0 aliphatic heterocycles. The Morgan fingerprint density at radius 3 is 2.08 bits per heavy atom. The maximum Gasteiger partial charge on any atom is 0.410 e. The molecule has 0 saturated heterocycles. The van der Waals surface area contributed by atoms with Crippen LogP contribution in [0.25, 0.3) is 0 Å². The Hall–Kier alpha value is -3.80. The Morgan fingerprint density at radius 1 is 0.897 bits per heavy atom. The minimum Gasteiger partial charge on any atom is -0.489 e. The van der Waals surface area contributed by atoms with Crippen molar-refractivity contribution >= 4 is 12.0 Å². The van der Waals surface area contributed by atoms with E-state index in [1.165, 1.54) is 11.3 Å². The minimum atomic E-state index is -0.734. The average Bonchev–Trinajstić information content (AvgIpc) is 2.89. The highest BCUT2D eigenvalue weighted by Gasteiger charge is 2.35. The molecule has 1 aliphatic carbocycles. The first-order valence-corrected chi connectivity index (χ1v) is 13.8. The maximum atomic E-state index is 13.8. The molecule has 2 amide bonds. The van der Waals surface area contributed by atoms with Crippen LogP contribution in [0.3, 0.4) is 0 Å². The van der Waals surface area contributed by atoms with Gasteiger partial charge in [0.25, 0.3) is 0 Å². The molecule has 1 unspecified atom stereocenters. The van der Waals surface area contributed by atoms with Crippen molar-refractivity contribution in [2.45, 2.75) is 70.7 Å². The highest BCUT2D eigenvalue weighted by Crippen LogP contribution is 2.37. The van der Waals surface area contributed by atoms with Crippen LogP contribution in [0, 0.1) is 5.92 Å². The predicted octanol–water partition coefficient (Wildman–Crippen LogP) is 6.70. The normalized spacial score (nSPS) is 15.0. The third-order valence-corrected chi connectivity index (χ3v) is 7.13. The Labute approximate surface area is 232 Å². The van der Waals surface area contributed by atoms with Crippen molar-refractivity contribution in [3.63, 3.8) is 0 Å². The quantitative estimate of drug-likeness (QED) is 0.318. The number of carbonyl (C=O) groups is 2. The highest BCUT2D eigenvalue weighted by atomic mass is 16.6. The summed E-state index contributed by atoms with van der Waals surface area (Å²) in [6, 6.07) is 27.0. The van der Waals surface area contributed by atoms with Gasteiger partial charge in [-0.05, 0) is 68.4 Å². The molecular weight excluding hydrogens is 488 g/mol. The van der Waals surface area contributed by atoms with E-state index >= 15 is 0 Å². The number of amides is 2.